The number of H-pyrrole nitrogens is 1. The molecular weight excluding hydrogens is 226 g/mol. The van der Waals surface area contributed by atoms with Gasteiger partial charge in [0.1, 0.15) is 11.8 Å². The molecule has 2 aromatic heterocycles. The Kier molecular flexibility index (Phi) is 2.44. The van der Waals surface area contributed by atoms with Crippen LogP contribution in [0.4, 0.5) is 11.5 Å². The van der Waals surface area contributed by atoms with Crippen LogP contribution in [-0.4, -0.2) is 20.2 Å². The monoisotopic (exact) mass is 239 g/mol. The minimum atomic E-state index is 0.716. The number of aryl methyl sites for hydroxylation is 2. The van der Waals surface area contributed by atoms with Crippen LogP contribution in [0.5, 0.6) is 0 Å². The van der Waals surface area contributed by atoms with Gasteiger partial charge in [0.05, 0.1) is 5.69 Å². The topological polar surface area (TPSA) is 66.5 Å². The Balaban J connectivity index is 2.02. The van der Waals surface area contributed by atoms with Crippen molar-refractivity contribution in [1.29, 1.82) is 0 Å². The van der Waals surface area contributed by atoms with Crippen molar-refractivity contribution in [2.75, 3.05) is 5.32 Å². The molecule has 0 saturated heterocycles. The molecule has 0 amide bonds. The van der Waals surface area contributed by atoms with Gasteiger partial charge in [-0.1, -0.05) is 17.7 Å². The molecule has 0 aliphatic heterocycles. The lowest BCUT2D eigenvalue weighted by atomic mass is 10.2. The third-order valence-electron chi connectivity index (χ3n) is 2.83. The molecule has 0 aliphatic carbocycles. The van der Waals surface area contributed by atoms with Crippen molar-refractivity contribution in [1.82, 2.24) is 20.2 Å². The highest BCUT2D eigenvalue weighted by molar-refractivity contribution is 5.88. The van der Waals surface area contributed by atoms with Gasteiger partial charge in [0.15, 0.2) is 11.3 Å². The van der Waals surface area contributed by atoms with Crippen LogP contribution in [0.1, 0.15) is 11.3 Å². The SMILES string of the molecule is Cc1ccc(Nc2ncnc3c(C)[nH]nc23)cc1. The third kappa shape index (κ3) is 1.79. The molecule has 0 radical (unpaired) electrons. The number of hydrogen-bond acceptors (Lipinski definition) is 4. The number of hydrogen-bond donors (Lipinski definition) is 2. The van der Waals surface area contributed by atoms with Crippen LogP contribution in [0, 0.1) is 13.8 Å². The largest absolute Gasteiger partial charge is 0.338 e. The highest BCUT2D eigenvalue weighted by Gasteiger charge is 2.08. The van der Waals surface area contributed by atoms with Crippen molar-refractivity contribution < 1.29 is 0 Å². The van der Waals surface area contributed by atoms with E-state index in [2.05, 4.69) is 44.5 Å². The number of rotatable bonds is 2. The Morgan fingerprint density at radius 3 is 2.56 bits per heavy atom. The summed E-state index contributed by atoms with van der Waals surface area (Å²) in [6.07, 6.45) is 1.54. The number of aromatic nitrogens is 4. The summed E-state index contributed by atoms with van der Waals surface area (Å²) in [6, 6.07) is 8.14. The van der Waals surface area contributed by atoms with Crippen LogP contribution in [0.3, 0.4) is 0 Å². The lowest BCUT2D eigenvalue weighted by Gasteiger charge is -2.05. The van der Waals surface area contributed by atoms with Crippen LogP contribution in [0.25, 0.3) is 11.0 Å². The van der Waals surface area contributed by atoms with E-state index in [-0.39, 0.29) is 0 Å². The van der Waals surface area contributed by atoms with Gasteiger partial charge >= 0.3 is 0 Å². The fourth-order valence-corrected chi connectivity index (χ4v) is 1.82. The molecule has 0 fully saturated rings. The molecule has 0 aliphatic rings. The standard InChI is InChI=1S/C13H13N5/c1-8-3-5-10(6-4-8)16-13-12-11(14-7-15-13)9(2)17-18-12/h3-7H,1-2H3,(H,17,18)(H,14,15,16). The quantitative estimate of drug-likeness (QED) is 0.721. The molecule has 0 spiro atoms. The maximum atomic E-state index is 4.23. The molecule has 1 aromatic carbocycles. The average Bonchev–Trinajstić information content (AvgIpc) is 2.76. The molecule has 2 heterocycles. The second kappa shape index (κ2) is 4.10. The predicted molar refractivity (Wildman–Crippen MR) is 70.9 cm³/mol. The van der Waals surface area contributed by atoms with Crippen molar-refractivity contribution >= 4 is 22.5 Å². The molecule has 5 nitrogen and oxygen atoms in total. The second-order valence-electron chi connectivity index (χ2n) is 4.26. The van der Waals surface area contributed by atoms with Crippen LogP contribution >= 0.6 is 0 Å². The Morgan fingerprint density at radius 2 is 1.78 bits per heavy atom. The summed E-state index contributed by atoms with van der Waals surface area (Å²) < 4.78 is 0. The minimum absolute atomic E-state index is 0.716. The first kappa shape index (κ1) is 10.7. The fraction of sp³-hybridized carbons (Fsp3) is 0.154. The van der Waals surface area contributed by atoms with Gasteiger partial charge in [0.2, 0.25) is 0 Å². The van der Waals surface area contributed by atoms with Crippen LogP contribution in [-0.2, 0) is 0 Å². The number of nitrogens with one attached hydrogen (secondary N) is 2. The number of aromatic amines is 1. The fourth-order valence-electron chi connectivity index (χ4n) is 1.82. The maximum Gasteiger partial charge on any atom is 0.162 e. The van der Waals surface area contributed by atoms with Gasteiger partial charge in [-0.05, 0) is 26.0 Å². The van der Waals surface area contributed by atoms with E-state index in [1.807, 2.05) is 19.1 Å². The van der Waals surface area contributed by atoms with E-state index in [4.69, 9.17) is 0 Å². The van der Waals surface area contributed by atoms with Gasteiger partial charge in [-0.2, -0.15) is 5.10 Å². The molecule has 90 valence electrons. The Morgan fingerprint density at radius 1 is 1.00 bits per heavy atom. The van der Waals surface area contributed by atoms with Crippen molar-refractivity contribution in [3.8, 4) is 0 Å². The summed E-state index contributed by atoms with van der Waals surface area (Å²) in [5.74, 6) is 0.716. The molecule has 0 atom stereocenters. The van der Waals surface area contributed by atoms with Gasteiger partial charge in [-0.25, -0.2) is 9.97 Å². The molecule has 3 aromatic rings. The highest BCUT2D eigenvalue weighted by atomic mass is 15.2. The van der Waals surface area contributed by atoms with Gasteiger partial charge < -0.3 is 5.32 Å². The van der Waals surface area contributed by atoms with E-state index in [1.165, 1.54) is 5.56 Å². The average molecular weight is 239 g/mol. The van der Waals surface area contributed by atoms with Gasteiger partial charge in [0.25, 0.3) is 0 Å². The molecule has 0 saturated carbocycles. The Hall–Kier alpha value is -2.43. The summed E-state index contributed by atoms with van der Waals surface area (Å²) in [5, 5.41) is 10.4. The summed E-state index contributed by atoms with van der Waals surface area (Å²) >= 11 is 0. The van der Waals surface area contributed by atoms with E-state index >= 15 is 0 Å². The van der Waals surface area contributed by atoms with E-state index in [0.717, 1.165) is 22.4 Å². The van der Waals surface area contributed by atoms with Crippen molar-refractivity contribution in [2.45, 2.75) is 13.8 Å². The first-order valence-electron chi connectivity index (χ1n) is 5.73. The van der Waals surface area contributed by atoms with E-state index in [0.29, 0.717) is 5.82 Å². The van der Waals surface area contributed by atoms with Gasteiger partial charge in [0, 0.05) is 5.69 Å². The van der Waals surface area contributed by atoms with Crippen LogP contribution in [0.2, 0.25) is 0 Å². The Bertz CT molecular complexity index is 684. The van der Waals surface area contributed by atoms with Gasteiger partial charge in [-0.15, -0.1) is 0 Å². The lowest BCUT2D eigenvalue weighted by molar-refractivity contribution is 1.07. The molecular formula is C13H13N5. The molecule has 0 unspecified atom stereocenters. The molecule has 3 rings (SSSR count). The number of anilines is 2. The van der Waals surface area contributed by atoms with Crippen molar-refractivity contribution in [3.63, 3.8) is 0 Å². The zero-order valence-corrected chi connectivity index (χ0v) is 10.2. The minimum Gasteiger partial charge on any atom is -0.338 e. The van der Waals surface area contributed by atoms with Crippen molar-refractivity contribution in [2.24, 2.45) is 0 Å². The predicted octanol–water partition coefficient (Wildman–Crippen LogP) is 2.71. The van der Waals surface area contributed by atoms with E-state index < -0.39 is 0 Å². The first-order chi connectivity index (χ1) is 8.74. The maximum absolute atomic E-state index is 4.23. The molecule has 2 N–H and O–H groups in total. The first-order valence-corrected chi connectivity index (χ1v) is 5.73. The van der Waals surface area contributed by atoms with E-state index in [9.17, 15) is 0 Å². The number of fused-ring (bicyclic) bond motifs is 1. The third-order valence-corrected chi connectivity index (χ3v) is 2.83. The summed E-state index contributed by atoms with van der Waals surface area (Å²) in [5.41, 5.74) is 4.76. The summed E-state index contributed by atoms with van der Waals surface area (Å²) in [7, 11) is 0. The summed E-state index contributed by atoms with van der Waals surface area (Å²) in [4.78, 5) is 8.45. The van der Waals surface area contributed by atoms with Crippen LogP contribution in [0.15, 0.2) is 30.6 Å². The zero-order chi connectivity index (χ0) is 12.5. The van der Waals surface area contributed by atoms with Crippen LogP contribution < -0.4 is 5.32 Å². The molecule has 18 heavy (non-hydrogen) atoms. The van der Waals surface area contributed by atoms with E-state index in [1.54, 1.807) is 6.33 Å². The summed E-state index contributed by atoms with van der Waals surface area (Å²) in [6.45, 7) is 4.00. The Labute approximate surface area is 104 Å². The van der Waals surface area contributed by atoms with Gasteiger partial charge in [-0.3, -0.25) is 5.10 Å². The zero-order valence-electron chi connectivity index (χ0n) is 10.2. The lowest BCUT2D eigenvalue weighted by Crippen LogP contribution is -1.95. The number of nitrogens with zero attached hydrogens (tertiary/aromatic N) is 3. The normalized spacial score (nSPS) is 10.8. The molecule has 5 heteroatoms. The number of benzene rings is 1. The highest BCUT2D eigenvalue weighted by Crippen LogP contribution is 2.22. The van der Waals surface area contributed by atoms with Crippen molar-refractivity contribution in [3.05, 3.63) is 41.9 Å². The smallest absolute Gasteiger partial charge is 0.162 e. The second-order valence-corrected chi connectivity index (χ2v) is 4.26. The molecule has 0 bridgehead atoms.